The summed E-state index contributed by atoms with van der Waals surface area (Å²) in [5, 5.41) is 0. The van der Waals surface area contributed by atoms with Crippen LogP contribution in [-0.4, -0.2) is 62.6 Å². The van der Waals surface area contributed by atoms with Crippen molar-refractivity contribution in [3.8, 4) is 5.75 Å². The molecule has 0 aliphatic carbocycles. The lowest BCUT2D eigenvalue weighted by molar-refractivity contribution is -0.132. The van der Waals surface area contributed by atoms with Gasteiger partial charge in [0.2, 0.25) is 5.91 Å². The second-order valence-corrected chi connectivity index (χ2v) is 6.70. The van der Waals surface area contributed by atoms with Crippen LogP contribution in [0.15, 0.2) is 54.6 Å². The highest BCUT2D eigenvalue weighted by Crippen LogP contribution is 2.28. The quantitative estimate of drug-likeness (QED) is 0.799. The monoisotopic (exact) mass is 353 g/mol. The number of hydrogen-bond acceptors (Lipinski definition) is 4. The summed E-state index contributed by atoms with van der Waals surface area (Å²) in [5.41, 5.74) is 2.33. The van der Waals surface area contributed by atoms with E-state index in [2.05, 4.69) is 28.0 Å². The van der Waals surface area contributed by atoms with Crippen LogP contribution in [0, 0.1) is 0 Å². The summed E-state index contributed by atoms with van der Waals surface area (Å²) in [7, 11) is 3.69. The van der Waals surface area contributed by atoms with Crippen LogP contribution in [-0.2, 0) is 11.3 Å². The molecule has 138 valence electrons. The highest BCUT2D eigenvalue weighted by Gasteiger charge is 2.23. The Morgan fingerprint density at radius 1 is 1.00 bits per heavy atom. The van der Waals surface area contributed by atoms with E-state index in [0.717, 1.165) is 44.2 Å². The molecule has 2 aromatic carbocycles. The average Bonchev–Trinajstić information content (AvgIpc) is 2.68. The second kappa shape index (κ2) is 8.72. The third-order valence-corrected chi connectivity index (χ3v) is 4.76. The van der Waals surface area contributed by atoms with Crippen molar-refractivity contribution < 1.29 is 9.53 Å². The van der Waals surface area contributed by atoms with E-state index >= 15 is 0 Å². The molecule has 0 saturated carbocycles. The maximum atomic E-state index is 12.6. The van der Waals surface area contributed by atoms with Gasteiger partial charge in [-0.2, -0.15) is 0 Å². The third-order valence-electron chi connectivity index (χ3n) is 4.76. The number of likely N-dealkylation sites (N-methyl/N-ethyl adjacent to an activating group) is 1. The molecule has 5 heteroatoms. The summed E-state index contributed by atoms with van der Waals surface area (Å²) in [6.07, 6.45) is 0. The van der Waals surface area contributed by atoms with Gasteiger partial charge in [-0.25, -0.2) is 0 Å². The zero-order valence-electron chi connectivity index (χ0n) is 15.6. The van der Waals surface area contributed by atoms with Gasteiger partial charge in [-0.05, 0) is 24.7 Å². The van der Waals surface area contributed by atoms with E-state index in [9.17, 15) is 4.79 Å². The van der Waals surface area contributed by atoms with E-state index in [4.69, 9.17) is 4.74 Å². The number of piperazine rings is 1. The van der Waals surface area contributed by atoms with Crippen molar-refractivity contribution in [3.05, 3.63) is 60.2 Å². The molecule has 0 bridgehead atoms. The lowest BCUT2D eigenvalue weighted by Crippen LogP contribution is -2.51. The van der Waals surface area contributed by atoms with E-state index in [1.807, 2.05) is 48.3 Å². The van der Waals surface area contributed by atoms with Crippen molar-refractivity contribution in [1.29, 1.82) is 0 Å². The number of ether oxygens (including phenoxy) is 1. The SMILES string of the molecule is COc1ccccc1N1CCN(C(=O)CN(C)Cc2ccccc2)CC1. The van der Waals surface area contributed by atoms with E-state index in [1.165, 1.54) is 5.56 Å². The van der Waals surface area contributed by atoms with Gasteiger partial charge in [-0.3, -0.25) is 9.69 Å². The van der Waals surface area contributed by atoms with Crippen LogP contribution in [0.3, 0.4) is 0 Å². The molecule has 0 radical (unpaired) electrons. The predicted molar refractivity (Wildman–Crippen MR) is 105 cm³/mol. The van der Waals surface area contributed by atoms with Crippen molar-refractivity contribution >= 4 is 11.6 Å². The summed E-state index contributed by atoms with van der Waals surface area (Å²) in [6, 6.07) is 18.3. The minimum absolute atomic E-state index is 0.197. The Morgan fingerprint density at radius 3 is 2.35 bits per heavy atom. The van der Waals surface area contributed by atoms with Gasteiger partial charge in [-0.15, -0.1) is 0 Å². The lowest BCUT2D eigenvalue weighted by Gasteiger charge is -2.37. The number of nitrogens with zero attached hydrogens (tertiary/aromatic N) is 3. The number of anilines is 1. The molecular weight excluding hydrogens is 326 g/mol. The van der Waals surface area contributed by atoms with Crippen LogP contribution >= 0.6 is 0 Å². The van der Waals surface area contributed by atoms with Crippen molar-refractivity contribution in [2.45, 2.75) is 6.54 Å². The Balaban J connectivity index is 1.50. The van der Waals surface area contributed by atoms with Gasteiger partial charge in [-0.1, -0.05) is 42.5 Å². The van der Waals surface area contributed by atoms with E-state index in [-0.39, 0.29) is 5.91 Å². The number of carbonyl (C=O) groups excluding carboxylic acids is 1. The maximum absolute atomic E-state index is 12.6. The first kappa shape index (κ1) is 18.3. The first-order chi connectivity index (χ1) is 12.7. The Morgan fingerprint density at radius 2 is 1.65 bits per heavy atom. The zero-order valence-corrected chi connectivity index (χ0v) is 15.6. The first-order valence-electron chi connectivity index (χ1n) is 9.05. The van der Waals surface area contributed by atoms with Gasteiger partial charge in [0.25, 0.3) is 0 Å². The molecule has 1 aliphatic heterocycles. The molecule has 0 spiro atoms. The third kappa shape index (κ3) is 4.55. The first-order valence-corrected chi connectivity index (χ1v) is 9.05. The van der Waals surface area contributed by atoms with Gasteiger partial charge in [0.05, 0.1) is 19.3 Å². The molecule has 1 fully saturated rings. The topological polar surface area (TPSA) is 36.0 Å². The second-order valence-electron chi connectivity index (χ2n) is 6.70. The van der Waals surface area contributed by atoms with Crippen LogP contribution in [0.2, 0.25) is 0 Å². The fourth-order valence-corrected chi connectivity index (χ4v) is 3.37. The molecule has 3 rings (SSSR count). The molecule has 5 nitrogen and oxygen atoms in total. The fourth-order valence-electron chi connectivity index (χ4n) is 3.37. The van der Waals surface area contributed by atoms with Crippen LogP contribution in [0.5, 0.6) is 5.75 Å². The maximum Gasteiger partial charge on any atom is 0.236 e. The van der Waals surface area contributed by atoms with Crippen LogP contribution < -0.4 is 9.64 Å². The smallest absolute Gasteiger partial charge is 0.236 e. The Bertz CT molecular complexity index is 712. The van der Waals surface area contributed by atoms with Crippen molar-refractivity contribution in [1.82, 2.24) is 9.80 Å². The summed E-state index contributed by atoms with van der Waals surface area (Å²) in [4.78, 5) is 18.9. The Kier molecular flexibility index (Phi) is 6.12. The number of carbonyl (C=O) groups is 1. The van der Waals surface area contributed by atoms with Crippen LogP contribution in [0.4, 0.5) is 5.69 Å². The number of benzene rings is 2. The van der Waals surface area contributed by atoms with Gasteiger partial charge in [0.1, 0.15) is 5.75 Å². The average molecular weight is 353 g/mol. The molecule has 0 atom stereocenters. The van der Waals surface area contributed by atoms with Gasteiger partial charge >= 0.3 is 0 Å². The fraction of sp³-hybridized carbons (Fsp3) is 0.381. The number of rotatable bonds is 6. The number of methoxy groups -OCH3 is 1. The molecule has 0 unspecified atom stereocenters. The highest BCUT2D eigenvalue weighted by atomic mass is 16.5. The molecule has 0 N–H and O–H groups in total. The number of hydrogen-bond donors (Lipinski definition) is 0. The van der Waals surface area contributed by atoms with Crippen molar-refractivity contribution in [3.63, 3.8) is 0 Å². The summed E-state index contributed by atoms with van der Waals surface area (Å²) >= 11 is 0. The van der Waals surface area contributed by atoms with E-state index in [1.54, 1.807) is 7.11 Å². The molecular formula is C21H27N3O2. The van der Waals surface area contributed by atoms with Gasteiger partial charge in [0, 0.05) is 32.7 Å². The lowest BCUT2D eigenvalue weighted by atomic mass is 10.2. The van der Waals surface area contributed by atoms with Gasteiger partial charge in [0.15, 0.2) is 0 Å². The summed E-state index contributed by atoms with van der Waals surface area (Å²) in [6.45, 7) is 4.38. The minimum atomic E-state index is 0.197. The van der Waals surface area contributed by atoms with Crippen molar-refractivity contribution in [2.75, 3.05) is 51.8 Å². The molecule has 2 aromatic rings. The molecule has 1 amide bonds. The molecule has 1 heterocycles. The summed E-state index contributed by atoms with van der Waals surface area (Å²) < 4.78 is 5.45. The molecule has 0 aromatic heterocycles. The molecule has 1 aliphatic rings. The van der Waals surface area contributed by atoms with Crippen molar-refractivity contribution in [2.24, 2.45) is 0 Å². The standard InChI is InChI=1S/C21H27N3O2/c1-22(16-18-8-4-3-5-9-18)17-21(25)24-14-12-23(13-15-24)19-10-6-7-11-20(19)26-2/h3-11H,12-17H2,1-2H3. The molecule has 1 saturated heterocycles. The summed E-state index contributed by atoms with van der Waals surface area (Å²) in [5.74, 6) is 1.08. The highest BCUT2D eigenvalue weighted by molar-refractivity contribution is 5.78. The Labute approximate surface area is 155 Å². The predicted octanol–water partition coefficient (Wildman–Crippen LogP) is 2.48. The largest absolute Gasteiger partial charge is 0.495 e. The van der Waals surface area contributed by atoms with Crippen LogP contribution in [0.1, 0.15) is 5.56 Å². The van der Waals surface area contributed by atoms with E-state index < -0.39 is 0 Å². The molecule has 26 heavy (non-hydrogen) atoms. The Hall–Kier alpha value is -2.53. The number of amides is 1. The minimum Gasteiger partial charge on any atom is -0.495 e. The normalized spacial score (nSPS) is 14.6. The van der Waals surface area contributed by atoms with Crippen LogP contribution in [0.25, 0.3) is 0 Å². The van der Waals surface area contributed by atoms with Gasteiger partial charge < -0.3 is 14.5 Å². The van der Waals surface area contributed by atoms with E-state index in [0.29, 0.717) is 6.54 Å². The number of para-hydroxylation sites is 2. The zero-order chi connectivity index (χ0) is 18.4.